The van der Waals surface area contributed by atoms with E-state index in [9.17, 15) is 9.59 Å². The number of para-hydroxylation sites is 1. The van der Waals surface area contributed by atoms with Crippen molar-refractivity contribution in [1.82, 2.24) is 4.90 Å². The highest BCUT2D eigenvalue weighted by molar-refractivity contribution is 6.32. The minimum Gasteiger partial charge on any atom is -0.423 e. The van der Waals surface area contributed by atoms with E-state index in [4.69, 9.17) is 16.0 Å². The summed E-state index contributed by atoms with van der Waals surface area (Å²) in [7, 11) is 0. The molecule has 0 fully saturated rings. The molecule has 0 unspecified atom stereocenters. The maximum Gasteiger partial charge on any atom is 0.336 e. The number of amides is 1. The van der Waals surface area contributed by atoms with E-state index in [-0.39, 0.29) is 12.5 Å². The van der Waals surface area contributed by atoms with Crippen LogP contribution in [-0.4, -0.2) is 23.9 Å². The first-order chi connectivity index (χ1) is 13.9. The smallest absolute Gasteiger partial charge is 0.336 e. The van der Waals surface area contributed by atoms with E-state index in [1.807, 2.05) is 49.1 Å². The molecule has 3 aromatic rings. The van der Waals surface area contributed by atoms with E-state index in [0.29, 0.717) is 17.2 Å². The summed E-state index contributed by atoms with van der Waals surface area (Å²) in [5.41, 5.74) is 3.57. The quantitative estimate of drug-likeness (QED) is 0.560. The van der Waals surface area contributed by atoms with Gasteiger partial charge in [-0.2, -0.15) is 0 Å². The van der Waals surface area contributed by atoms with Crippen LogP contribution in [0.25, 0.3) is 11.0 Å². The van der Waals surface area contributed by atoms with Gasteiger partial charge in [-0.1, -0.05) is 36.7 Å². The Morgan fingerprint density at radius 2 is 1.90 bits per heavy atom. The number of halogens is 1. The van der Waals surface area contributed by atoms with E-state index >= 15 is 0 Å². The van der Waals surface area contributed by atoms with Crippen molar-refractivity contribution < 1.29 is 9.21 Å². The lowest BCUT2D eigenvalue weighted by atomic mass is 10.1. The Balaban J connectivity index is 1.83. The van der Waals surface area contributed by atoms with Crippen LogP contribution in [0.5, 0.6) is 0 Å². The Kier molecular flexibility index (Phi) is 6.72. The number of benzene rings is 2. The molecule has 6 heteroatoms. The number of nitrogens with zero attached hydrogens (tertiary/aromatic N) is 1. The first kappa shape index (κ1) is 21.1. The second-order valence-corrected chi connectivity index (χ2v) is 7.67. The van der Waals surface area contributed by atoms with Gasteiger partial charge >= 0.3 is 5.63 Å². The zero-order chi connectivity index (χ0) is 21.0. The Bertz CT molecular complexity index is 1090. The molecule has 1 N–H and O–H groups in total. The minimum atomic E-state index is -0.407. The topological polar surface area (TPSA) is 62.6 Å². The Hall–Kier alpha value is -2.63. The number of nitrogens with one attached hydrogen (secondary N) is 1. The van der Waals surface area contributed by atoms with Gasteiger partial charge in [0, 0.05) is 28.7 Å². The third-order valence-corrected chi connectivity index (χ3v) is 5.24. The van der Waals surface area contributed by atoms with E-state index in [0.717, 1.165) is 40.7 Å². The van der Waals surface area contributed by atoms with Gasteiger partial charge in [0.2, 0.25) is 5.91 Å². The SMILES string of the molecule is CCCN(CC(=O)Nc1ccccc1C)Cc1cc(=O)oc2cc(C)c(Cl)cc12. The van der Waals surface area contributed by atoms with Crippen molar-refractivity contribution in [2.75, 3.05) is 18.4 Å². The zero-order valence-corrected chi connectivity index (χ0v) is 17.7. The lowest BCUT2D eigenvalue weighted by molar-refractivity contribution is -0.117. The zero-order valence-electron chi connectivity index (χ0n) is 16.9. The van der Waals surface area contributed by atoms with Crippen LogP contribution in [0, 0.1) is 13.8 Å². The molecule has 0 saturated heterocycles. The molecule has 2 aromatic carbocycles. The van der Waals surface area contributed by atoms with Gasteiger partial charge in [0.1, 0.15) is 5.58 Å². The van der Waals surface area contributed by atoms with Crippen LogP contribution in [-0.2, 0) is 11.3 Å². The number of fused-ring (bicyclic) bond motifs is 1. The van der Waals surface area contributed by atoms with Gasteiger partial charge < -0.3 is 9.73 Å². The summed E-state index contributed by atoms with van der Waals surface area (Å²) >= 11 is 6.29. The molecular weight excluding hydrogens is 388 g/mol. The number of rotatable bonds is 7. The number of hydrogen-bond acceptors (Lipinski definition) is 4. The monoisotopic (exact) mass is 412 g/mol. The predicted molar refractivity (Wildman–Crippen MR) is 118 cm³/mol. The van der Waals surface area contributed by atoms with Crippen molar-refractivity contribution in [3.63, 3.8) is 0 Å². The third kappa shape index (κ3) is 5.25. The minimum absolute atomic E-state index is 0.0890. The van der Waals surface area contributed by atoms with Crippen LogP contribution < -0.4 is 10.9 Å². The first-order valence-corrected chi connectivity index (χ1v) is 10.1. The van der Waals surface area contributed by atoms with Gasteiger partial charge in [0.25, 0.3) is 0 Å². The Morgan fingerprint density at radius 1 is 1.14 bits per heavy atom. The second-order valence-electron chi connectivity index (χ2n) is 7.26. The molecule has 0 aliphatic rings. The Labute approximate surface area is 175 Å². The van der Waals surface area contributed by atoms with Crippen LogP contribution in [0.2, 0.25) is 5.02 Å². The average molecular weight is 413 g/mol. The molecule has 0 aliphatic carbocycles. The van der Waals surface area contributed by atoms with E-state index in [1.54, 1.807) is 6.07 Å². The summed E-state index contributed by atoms with van der Waals surface area (Å²) in [6.45, 7) is 7.29. The van der Waals surface area contributed by atoms with Gasteiger partial charge in [-0.15, -0.1) is 0 Å². The van der Waals surface area contributed by atoms with Gasteiger partial charge in [-0.25, -0.2) is 4.79 Å². The van der Waals surface area contributed by atoms with Crippen LogP contribution in [0.1, 0.15) is 30.0 Å². The maximum atomic E-state index is 12.6. The van der Waals surface area contributed by atoms with Crippen LogP contribution in [0.3, 0.4) is 0 Å². The van der Waals surface area contributed by atoms with Gasteiger partial charge in [0.15, 0.2) is 0 Å². The third-order valence-electron chi connectivity index (χ3n) is 4.83. The molecule has 1 heterocycles. The predicted octanol–water partition coefficient (Wildman–Crippen LogP) is 4.91. The standard InChI is InChI=1S/C23H25ClN2O3/c1-4-9-26(14-22(27)25-20-8-6-5-7-15(20)2)13-17-11-23(28)29-21-10-16(3)19(24)12-18(17)21/h5-8,10-12H,4,9,13-14H2,1-3H3,(H,25,27). The number of carbonyl (C=O) groups is 1. The fraction of sp³-hybridized carbons (Fsp3) is 0.304. The molecule has 0 spiro atoms. The molecule has 0 aliphatic heterocycles. The number of aryl methyl sites for hydroxylation is 2. The second kappa shape index (κ2) is 9.25. The van der Waals surface area contributed by atoms with Gasteiger partial charge in [0.05, 0.1) is 6.54 Å². The van der Waals surface area contributed by atoms with E-state index in [2.05, 4.69) is 12.2 Å². The number of carbonyl (C=O) groups excluding carboxylic acids is 1. The number of hydrogen-bond donors (Lipinski definition) is 1. The average Bonchev–Trinajstić information content (AvgIpc) is 2.65. The normalized spacial score (nSPS) is 11.2. The Morgan fingerprint density at radius 3 is 2.62 bits per heavy atom. The molecule has 0 bridgehead atoms. The summed E-state index contributed by atoms with van der Waals surface area (Å²) in [6.07, 6.45) is 0.886. The van der Waals surface area contributed by atoms with Crippen molar-refractivity contribution in [3.05, 3.63) is 74.6 Å². The highest BCUT2D eigenvalue weighted by Gasteiger charge is 2.15. The van der Waals surface area contributed by atoms with E-state index < -0.39 is 5.63 Å². The summed E-state index contributed by atoms with van der Waals surface area (Å²) in [5.74, 6) is -0.0890. The van der Waals surface area contributed by atoms with Gasteiger partial charge in [-0.3, -0.25) is 9.69 Å². The van der Waals surface area contributed by atoms with Crippen molar-refractivity contribution >= 4 is 34.2 Å². The summed E-state index contributed by atoms with van der Waals surface area (Å²) in [4.78, 5) is 26.7. The van der Waals surface area contributed by atoms with Gasteiger partial charge in [-0.05, 0) is 61.7 Å². The summed E-state index contributed by atoms with van der Waals surface area (Å²) < 4.78 is 5.34. The van der Waals surface area contributed by atoms with Crippen molar-refractivity contribution in [2.24, 2.45) is 0 Å². The summed E-state index contributed by atoms with van der Waals surface area (Å²) in [6, 6.07) is 12.8. The highest BCUT2D eigenvalue weighted by Crippen LogP contribution is 2.26. The van der Waals surface area contributed by atoms with Crippen molar-refractivity contribution in [3.8, 4) is 0 Å². The van der Waals surface area contributed by atoms with Crippen molar-refractivity contribution in [1.29, 1.82) is 0 Å². The van der Waals surface area contributed by atoms with Crippen LogP contribution in [0.15, 0.2) is 51.7 Å². The molecule has 152 valence electrons. The molecule has 0 atom stereocenters. The maximum absolute atomic E-state index is 12.6. The fourth-order valence-electron chi connectivity index (χ4n) is 3.36. The fourth-order valence-corrected chi connectivity index (χ4v) is 3.52. The molecule has 1 amide bonds. The molecule has 1 aromatic heterocycles. The molecule has 5 nitrogen and oxygen atoms in total. The lowest BCUT2D eigenvalue weighted by Crippen LogP contribution is -2.33. The lowest BCUT2D eigenvalue weighted by Gasteiger charge is -2.22. The highest BCUT2D eigenvalue weighted by atomic mass is 35.5. The molecular formula is C23H25ClN2O3. The molecule has 29 heavy (non-hydrogen) atoms. The number of anilines is 1. The van der Waals surface area contributed by atoms with Crippen molar-refractivity contribution in [2.45, 2.75) is 33.7 Å². The first-order valence-electron chi connectivity index (χ1n) is 9.68. The molecule has 3 rings (SSSR count). The molecule has 0 radical (unpaired) electrons. The van der Waals surface area contributed by atoms with Crippen LogP contribution in [0.4, 0.5) is 5.69 Å². The largest absolute Gasteiger partial charge is 0.423 e. The molecule has 0 saturated carbocycles. The summed E-state index contributed by atoms with van der Waals surface area (Å²) in [5, 5.41) is 4.38. The van der Waals surface area contributed by atoms with Crippen LogP contribution >= 0.6 is 11.6 Å². The van der Waals surface area contributed by atoms with E-state index in [1.165, 1.54) is 6.07 Å².